The Hall–Kier alpha value is -2.24. The van der Waals surface area contributed by atoms with Crippen LogP contribution in [-0.2, 0) is 4.79 Å². The van der Waals surface area contributed by atoms with Crippen LogP contribution in [0.5, 0.6) is 11.5 Å². The number of carbonyl (C=O) groups excluding carboxylic acids is 2. The van der Waals surface area contributed by atoms with Crippen LogP contribution in [0.3, 0.4) is 0 Å². The lowest BCUT2D eigenvalue weighted by atomic mass is 10.1. The molecule has 112 valence electrons. The molecule has 6 heteroatoms. The molecule has 21 heavy (non-hydrogen) atoms. The first-order chi connectivity index (χ1) is 10.1. The van der Waals surface area contributed by atoms with Gasteiger partial charge in [-0.2, -0.15) is 0 Å². The summed E-state index contributed by atoms with van der Waals surface area (Å²) in [6.45, 7) is 5.40. The van der Waals surface area contributed by atoms with E-state index in [0.29, 0.717) is 30.2 Å². The summed E-state index contributed by atoms with van der Waals surface area (Å²) in [4.78, 5) is 27.9. The Balaban J connectivity index is 1.73. The molecular formula is C15H18N2O4. The van der Waals surface area contributed by atoms with E-state index in [0.717, 1.165) is 0 Å². The Kier molecular flexibility index (Phi) is 3.45. The molecule has 6 nitrogen and oxygen atoms in total. The fraction of sp³-hybridized carbons (Fsp3) is 0.467. The van der Waals surface area contributed by atoms with Crippen molar-refractivity contribution in [3.8, 4) is 11.5 Å². The Morgan fingerprint density at radius 3 is 2.67 bits per heavy atom. The number of hydrogen-bond acceptors (Lipinski definition) is 4. The Morgan fingerprint density at radius 1 is 1.19 bits per heavy atom. The predicted octanol–water partition coefficient (Wildman–Crippen LogP) is 1.11. The summed E-state index contributed by atoms with van der Waals surface area (Å²) < 4.78 is 10.5. The second kappa shape index (κ2) is 5.27. The maximum Gasteiger partial charge on any atom is 0.254 e. The highest BCUT2D eigenvalue weighted by Gasteiger charge is 2.29. The molecule has 1 saturated heterocycles. The van der Waals surface area contributed by atoms with E-state index in [2.05, 4.69) is 0 Å². The second-order valence-electron chi connectivity index (χ2n) is 5.48. The lowest BCUT2D eigenvalue weighted by molar-refractivity contribution is -0.136. The van der Waals surface area contributed by atoms with E-state index >= 15 is 0 Å². The highest BCUT2D eigenvalue weighted by atomic mass is 16.7. The maximum absolute atomic E-state index is 12.5. The molecule has 1 aromatic rings. The molecule has 1 aromatic carbocycles. The molecule has 0 radical (unpaired) electrons. The molecule has 2 aliphatic heterocycles. The minimum absolute atomic E-state index is 0.00894. The molecule has 3 rings (SSSR count). The van der Waals surface area contributed by atoms with Gasteiger partial charge in [0, 0.05) is 24.7 Å². The van der Waals surface area contributed by atoms with E-state index in [-0.39, 0.29) is 31.2 Å². The summed E-state index contributed by atoms with van der Waals surface area (Å²) in [6, 6.07) is 5.27. The van der Waals surface area contributed by atoms with Crippen molar-refractivity contribution in [2.45, 2.75) is 19.9 Å². The summed E-state index contributed by atoms with van der Waals surface area (Å²) in [5, 5.41) is 0. The van der Waals surface area contributed by atoms with Gasteiger partial charge in [-0.1, -0.05) is 0 Å². The molecule has 0 N–H and O–H groups in total. The number of rotatable bonds is 2. The number of amides is 2. The molecule has 1 fully saturated rings. The predicted molar refractivity (Wildman–Crippen MR) is 75.3 cm³/mol. The first kappa shape index (κ1) is 13.7. The molecule has 0 bridgehead atoms. The number of hydrogen-bond donors (Lipinski definition) is 0. The van der Waals surface area contributed by atoms with Crippen molar-refractivity contribution in [3.63, 3.8) is 0 Å². The van der Waals surface area contributed by atoms with Gasteiger partial charge in [0.05, 0.1) is 0 Å². The van der Waals surface area contributed by atoms with Crippen molar-refractivity contribution >= 4 is 11.8 Å². The monoisotopic (exact) mass is 290 g/mol. The van der Waals surface area contributed by atoms with Crippen LogP contribution in [0.1, 0.15) is 24.2 Å². The van der Waals surface area contributed by atoms with E-state index in [1.807, 2.05) is 13.8 Å². The average Bonchev–Trinajstić information content (AvgIpc) is 2.93. The third-order valence-corrected chi connectivity index (χ3v) is 3.79. The first-order valence-corrected chi connectivity index (χ1v) is 7.04. The number of nitrogens with zero attached hydrogens (tertiary/aromatic N) is 2. The van der Waals surface area contributed by atoms with Gasteiger partial charge >= 0.3 is 0 Å². The maximum atomic E-state index is 12.5. The van der Waals surface area contributed by atoms with Gasteiger partial charge in [-0.15, -0.1) is 0 Å². The fourth-order valence-corrected chi connectivity index (χ4v) is 2.62. The highest BCUT2D eigenvalue weighted by molar-refractivity contribution is 5.97. The van der Waals surface area contributed by atoms with Crippen molar-refractivity contribution in [2.24, 2.45) is 0 Å². The van der Waals surface area contributed by atoms with Crippen molar-refractivity contribution in [1.29, 1.82) is 0 Å². The normalized spacial score (nSPS) is 17.6. The van der Waals surface area contributed by atoms with E-state index in [1.165, 1.54) is 0 Å². The Labute approximate surface area is 123 Å². The standard InChI is InChI=1S/C15H18N2O4/c1-10(2)17-6-5-16(8-14(17)18)15(19)11-3-4-12-13(7-11)21-9-20-12/h3-4,7,10H,5-6,8-9H2,1-2H3. The van der Waals surface area contributed by atoms with Crippen molar-refractivity contribution < 1.29 is 19.1 Å². The zero-order valence-corrected chi connectivity index (χ0v) is 12.2. The van der Waals surface area contributed by atoms with Crippen LogP contribution in [0.2, 0.25) is 0 Å². The van der Waals surface area contributed by atoms with Crippen LogP contribution in [0.4, 0.5) is 0 Å². The molecule has 0 spiro atoms. The van der Waals surface area contributed by atoms with E-state index in [9.17, 15) is 9.59 Å². The third-order valence-electron chi connectivity index (χ3n) is 3.79. The third kappa shape index (κ3) is 2.53. The van der Waals surface area contributed by atoms with E-state index < -0.39 is 0 Å². The molecule has 0 saturated carbocycles. The van der Waals surface area contributed by atoms with E-state index in [1.54, 1.807) is 28.0 Å². The molecule has 0 unspecified atom stereocenters. The van der Waals surface area contributed by atoms with E-state index in [4.69, 9.17) is 9.47 Å². The van der Waals surface area contributed by atoms with Gasteiger partial charge in [-0.25, -0.2) is 0 Å². The zero-order valence-electron chi connectivity index (χ0n) is 12.2. The minimum Gasteiger partial charge on any atom is -0.454 e. The van der Waals surface area contributed by atoms with Crippen LogP contribution in [-0.4, -0.2) is 54.1 Å². The SMILES string of the molecule is CC(C)N1CCN(C(=O)c2ccc3c(c2)OCO3)CC1=O. The Morgan fingerprint density at radius 2 is 1.95 bits per heavy atom. The second-order valence-corrected chi connectivity index (χ2v) is 5.48. The van der Waals surface area contributed by atoms with Crippen molar-refractivity contribution in [3.05, 3.63) is 23.8 Å². The van der Waals surface area contributed by atoms with Crippen LogP contribution < -0.4 is 9.47 Å². The smallest absolute Gasteiger partial charge is 0.254 e. The fourth-order valence-electron chi connectivity index (χ4n) is 2.62. The lowest BCUT2D eigenvalue weighted by Gasteiger charge is -2.36. The number of benzene rings is 1. The summed E-state index contributed by atoms with van der Waals surface area (Å²) in [5.74, 6) is 1.07. The number of piperazine rings is 1. The highest BCUT2D eigenvalue weighted by Crippen LogP contribution is 2.32. The minimum atomic E-state index is -0.148. The summed E-state index contributed by atoms with van der Waals surface area (Å²) in [5.41, 5.74) is 0.519. The average molecular weight is 290 g/mol. The molecular weight excluding hydrogens is 272 g/mol. The number of carbonyl (C=O) groups is 2. The van der Waals surface area contributed by atoms with Gasteiger partial charge in [0.25, 0.3) is 5.91 Å². The lowest BCUT2D eigenvalue weighted by Crippen LogP contribution is -2.54. The molecule has 0 aliphatic carbocycles. The van der Waals surface area contributed by atoms with Gasteiger partial charge in [0.15, 0.2) is 11.5 Å². The summed E-state index contributed by atoms with van der Waals surface area (Å²) in [7, 11) is 0. The zero-order chi connectivity index (χ0) is 15.0. The largest absolute Gasteiger partial charge is 0.454 e. The summed E-state index contributed by atoms with van der Waals surface area (Å²) >= 11 is 0. The van der Waals surface area contributed by atoms with Crippen LogP contribution in [0.15, 0.2) is 18.2 Å². The topological polar surface area (TPSA) is 59.1 Å². The molecule has 0 atom stereocenters. The van der Waals surface area contributed by atoms with Gasteiger partial charge in [0.2, 0.25) is 12.7 Å². The van der Waals surface area contributed by atoms with Crippen LogP contribution in [0, 0.1) is 0 Å². The number of fused-ring (bicyclic) bond motifs is 1. The van der Waals surface area contributed by atoms with Crippen LogP contribution >= 0.6 is 0 Å². The first-order valence-electron chi connectivity index (χ1n) is 7.04. The molecule has 2 aliphatic rings. The van der Waals surface area contributed by atoms with Gasteiger partial charge in [-0.3, -0.25) is 9.59 Å². The summed E-state index contributed by atoms with van der Waals surface area (Å²) in [6.07, 6.45) is 0. The van der Waals surface area contributed by atoms with Gasteiger partial charge in [-0.05, 0) is 32.0 Å². The Bertz CT molecular complexity index is 585. The quantitative estimate of drug-likeness (QED) is 0.818. The van der Waals surface area contributed by atoms with Crippen molar-refractivity contribution in [2.75, 3.05) is 26.4 Å². The molecule has 2 heterocycles. The molecule has 0 aromatic heterocycles. The molecule has 2 amide bonds. The van der Waals surface area contributed by atoms with Crippen LogP contribution in [0.25, 0.3) is 0 Å². The van der Waals surface area contributed by atoms with Crippen molar-refractivity contribution in [1.82, 2.24) is 9.80 Å². The van der Waals surface area contributed by atoms with Gasteiger partial charge < -0.3 is 19.3 Å². The number of ether oxygens (including phenoxy) is 2. The van der Waals surface area contributed by atoms with Gasteiger partial charge in [0.1, 0.15) is 6.54 Å².